The Morgan fingerprint density at radius 1 is 1.26 bits per heavy atom. The summed E-state index contributed by atoms with van der Waals surface area (Å²) in [6.45, 7) is 3.60. The standard InChI is InChI=1S/C16H23N3O3S/c1-11-3-4-12(9-15(11)18-23(2,21)22)16(20)19-13-5-6-14(19)10-17-8-7-13/h3-4,9,13-14,17-18H,5-8,10H2,1-2H3. The Hall–Kier alpha value is -1.60. The van der Waals surface area contributed by atoms with E-state index >= 15 is 0 Å². The Bertz CT molecular complexity index is 703. The molecule has 23 heavy (non-hydrogen) atoms. The lowest BCUT2D eigenvalue weighted by Gasteiger charge is -2.28. The van der Waals surface area contributed by atoms with E-state index in [0.717, 1.165) is 44.2 Å². The minimum Gasteiger partial charge on any atom is -0.331 e. The van der Waals surface area contributed by atoms with Gasteiger partial charge < -0.3 is 10.2 Å². The third kappa shape index (κ3) is 3.50. The summed E-state index contributed by atoms with van der Waals surface area (Å²) in [6.07, 6.45) is 4.17. The normalized spacial score (nSPS) is 24.3. The van der Waals surface area contributed by atoms with Crippen molar-refractivity contribution in [3.05, 3.63) is 29.3 Å². The number of fused-ring (bicyclic) bond motifs is 2. The maximum Gasteiger partial charge on any atom is 0.254 e. The maximum atomic E-state index is 13.0. The van der Waals surface area contributed by atoms with Crippen LogP contribution in [0.25, 0.3) is 0 Å². The SMILES string of the molecule is Cc1ccc(C(=O)N2C3CCNCC2CC3)cc1NS(C)(=O)=O. The molecule has 2 bridgehead atoms. The third-order valence-electron chi connectivity index (χ3n) is 4.67. The third-order valence-corrected chi connectivity index (χ3v) is 5.26. The van der Waals surface area contributed by atoms with Gasteiger partial charge in [0.1, 0.15) is 0 Å². The highest BCUT2D eigenvalue weighted by molar-refractivity contribution is 7.92. The van der Waals surface area contributed by atoms with Crippen molar-refractivity contribution < 1.29 is 13.2 Å². The first kappa shape index (κ1) is 16.3. The number of benzene rings is 1. The molecule has 2 fully saturated rings. The number of carbonyl (C=O) groups is 1. The van der Waals surface area contributed by atoms with Crippen LogP contribution in [-0.2, 0) is 10.0 Å². The molecule has 0 spiro atoms. The smallest absolute Gasteiger partial charge is 0.254 e. The Morgan fingerprint density at radius 3 is 2.74 bits per heavy atom. The van der Waals surface area contributed by atoms with Crippen LogP contribution in [0.3, 0.4) is 0 Å². The maximum absolute atomic E-state index is 13.0. The van der Waals surface area contributed by atoms with Gasteiger partial charge in [-0.1, -0.05) is 6.07 Å². The first-order valence-electron chi connectivity index (χ1n) is 7.97. The number of anilines is 1. The topological polar surface area (TPSA) is 78.5 Å². The average molecular weight is 337 g/mol. The van der Waals surface area contributed by atoms with Gasteiger partial charge in [0.25, 0.3) is 5.91 Å². The van der Waals surface area contributed by atoms with Crippen molar-refractivity contribution in [2.75, 3.05) is 24.1 Å². The van der Waals surface area contributed by atoms with Gasteiger partial charge in [-0.2, -0.15) is 0 Å². The molecule has 6 nitrogen and oxygen atoms in total. The summed E-state index contributed by atoms with van der Waals surface area (Å²) < 4.78 is 25.4. The van der Waals surface area contributed by atoms with Crippen LogP contribution < -0.4 is 10.0 Å². The molecular formula is C16H23N3O3S. The van der Waals surface area contributed by atoms with Gasteiger partial charge >= 0.3 is 0 Å². The number of amides is 1. The zero-order valence-electron chi connectivity index (χ0n) is 13.5. The molecule has 1 amide bonds. The van der Waals surface area contributed by atoms with Crippen molar-refractivity contribution in [1.29, 1.82) is 0 Å². The van der Waals surface area contributed by atoms with Crippen molar-refractivity contribution >= 4 is 21.6 Å². The Balaban J connectivity index is 1.89. The minimum atomic E-state index is -3.37. The fraction of sp³-hybridized carbons (Fsp3) is 0.562. The molecule has 2 aliphatic heterocycles. The largest absolute Gasteiger partial charge is 0.331 e. The number of nitrogens with zero attached hydrogens (tertiary/aromatic N) is 1. The molecule has 2 atom stereocenters. The van der Waals surface area contributed by atoms with Gasteiger partial charge in [-0.25, -0.2) is 8.42 Å². The van der Waals surface area contributed by atoms with Crippen LogP contribution in [0.5, 0.6) is 0 Å². The highest BCUT2D eigenvalue weighted by Crippen LogP contribution is 2.30. The van der Waals surface area contributed by atoms with Crippen molar-refractivity contribution in [3.8, 4) is 0 Å². The molecule has 1 aromatic rings. The van der Waals surface area contributed by atoms with Crippen molar-refractivity contribution in [2.24, 2.45) is 0 Å². The molecule has 0 saturated carbocycles. The molecule has 1 aromatic carbocycles. The van der Waals surface area contributed by atoms with E-state index in [4.69, 9.17) is 0 Å². The first-order chi connectivity index (χ1) is 10.8. The Morgan fingerprint density at radius 2 is 2.00 bits per heavy atom. The summed E-state index contributed by atoms with van der Waals surface area (Å²) in [7, 11) is -3.37. The van der Waals surface area contributed by atoms with E-state index in [-0.39, 0.29) is 18.0 Å². The summed E-state index contributed by atoms with van der Waals surface area (Å²) in [5.41, 5.74) is 1.81. The number of hydrogen-bond donors (Lipinski definition) is 2. The van der Waals surface area contributed by atoms with Crippen LogP contribution in [-0.4, -0.2) is 50.7 Å². The van der Waals surface area contributed by atoms with E-state index in [1.807, 2.05) is 11.8 Å². The number of nitrogens with one attached hydrogen (secondary N) is 2. The van der Waals surface area contributed by atoms with E-state index in [2.05, 4.69) is 10.0 Å². The molecule has 0 radical (unpaired) electrons. The van der Waals surface area contributed by atoms with Gasteiger partial charge in [0.2, 0.25) is 10.0 Å². The molecule has 0 aromatic heterocycles. The van der Waals surface area contributed by atoms with Crippen molar-refractivity contribution in [1.82, 2.24) is 10.2 Å². The van der Waals surface area contributed by atoms with Crippen molar-refractivity contribution in [2.45, 2.75) is 38.3 Å². The molecule has 2 unspecified atom stereocenters. The predicted molar refractivity (Wildman–Crippen MR) is 90.1 cm³/mol. The molecule has 2 heterocycles. The van der Waals surface area contributed by atoms with Crippen LogP contribution in [0.4, 0.5) is 5.69 Å². The second kappa shape index (κ2) is 6.13. The van der Waals surface area contributed by atoms with Crippen LogP contribution in [0.15, 0.2) is 18.2 Å². The van der Waals surface area contributed by atoms with E-state index in [0.29, 0.717) is 11.3 Å². The predicted octanol–water partition coefficient (Wildman–Crippen LogP) is 1.33. The molecular weight excluding hydrogens is 314 g/mol. The van der Waals surface area contributed by atoms with Gasteiger partial charge in [0.15, 0.2) is 0 Å². The van der Waals surface area contributed by atoms with E-state index < -0.39 is 10.0 Å². The van der Waals surface area contributed by atoms with Crippen LogP contribution in [0.1, 0.15) is 35.2 Å². The minimum absolute atomic E-state index is 0.00208. The molecule has 3 rings (SSSR count). The summed E-state index contributed by atoms with van der Waals surface area (Å²) in [4.78, 5) is 15.0. The summed E-state index contributed by atoms with van der Waals surface area (Å²) in [5.74, 6) is -0.00208. The fourth-order valence-corrected chi connectivity index (χ4v) is 4.15. The molecule has 2 saturated heterocycles. The number of aryl methyl sites for hydroxylation is 1. The molecule has 0 aliphatic carbocycles. The summed E-state index contributed by atoms with van der Waals surface area (Å²) in [6, 6.07) is 5.75. The fourth-order valence-electron chi connectivity index (χ4n) is 3.53. The molecule has 7 heteroatoms. The van der Waals surface area contributed by atoms with E-state index in [9.17, 15) is 13.2 Å². The highest BCUT2D eigenvalue weighted by atomic mass is 32.2. The molecule has 2 aliphatic rings. The van der Waals surface area contributed by atoms with E-state index in [1.165, 1.54) is 0 Å². The van der Waals surface area contributed by atoms with Gasteiger partial charge in [-0.05, 0) is 50.4 Å². The average Bonchev–Trinajstić information content (AvgIpc) is 2.72. The highest BCUT2D eigenvalue weighted by Gasteiger charge is 2.38. The zero-order chi connectivity index (χ0) is 16.6. The lowest BCUT2D eigenvalue weighted by atomic mass is 10.1. The first-order valence-corrected chi connectivity index (χ1v) is 9.86. The monoisotopic (exact) mass is 337 g/mol. The lowest BCUT2D eigenvalue weighted by Crippen LogP contribution is -2.42. The molecule has 126 valence electrons. The summed E-state index contributed by atoms with van der Waals surface area (Å²) >= 11 is 0. The molecule has 2 N–H and O–H groups in total. The van der Waals surface area contributed by atoms with Crippen LogP contribution in [0.2, 0.25) is 0 Å². The quantitative estimate of drug-likeness (QED) is 0.872. The Kier molecular flexibility index (Phi) is 4.33. The number of rotatable bonds is 3. The van der Waals surface area contributed by atoms with E-state index in [1.54, 1.807) is 18.2 Å². The summed E-state index contributed by atoms with van der Waals surface area (Å²) in [5, 5.41) is 3.38. The van der Waals surface area contributed by atoms with Gasteiger partial charge in [-0.15, -0.1) is 0 Å². The number of sulfonamides is 1. The number of carbonyl (C=O) groups excluding carboxylic acids is 1. The second-order valence-electron chi connectivity index (χ2n) is 6.49. The van der Waals surface area contributed by atoms with Crippen LogP contribution >= 0.6 is 0 Å². The zero-order valence-corrected chi connectivity index (χ0v) is 14.3. The van der Waals surface area contributed by atoms with Gasteiger partial charge in [0, 0.05) is 24.2 Å². The second-order valence-corrected chi connectivity index (χ2v) is 8.24. The van der Waals surface area contributed by atoms with Crippen molar-refractivity contribution in [3.63, 3.8) is 0 Å². The Labute approximate surface area is 137 Å². The number of hydrogen-bond acceptors (Lipinski definition) is 4. The van der Waals surface area contributed by atoms with Gasteiger partial charge in [-0.3, -0.25) is 9.52 Å². The van der Waals surface area contributed by atoms with Gasteiger partial charge in [0.05, 0.1) is 11.9 Å². The van der Waals surface area contributed by atoms with Crippen LogP contribution in [0, 0.1) is 6.92 Å². The lowest BCUT2D eigenvalue weighted by molar-refractivity contribution is 0.0680.